The number of halogens is 6. The van der Waals surface area contributed by atoms with Crippen molar-refractivity contribution in [2.75, 3.05) is 0 Å². The average Bonchev–Trinajstić information content (AvgIpc) is 2.84. The summed E-state index contributed by atoms with van der Waals surface area (Å²) in [5.41, 5.74) is 0.808. The van der Waals surface area contributed by atoms with Gasteiger partial charge in [0.25, 0.3) is 0 Å². The lowest BCUT2D eigenvalue weighted by Gasteiger charge is -2.29. The summed E-state index contributed by atoms with van der Waals surface area (Å²) in [6, 6.07) is 10.6. The Morgan fingerprint density at radius 2 is 1.57 bits per heavy atom. The molecule has 0 aromatic heterocycles. The fourth-order valence-electron chi connectivity index (χ4n) is 5.16. The van der Waals surface area contributed by atoms with E-state index in [1.165, 1.54) is 25.1 Å². The van der Waals surface area contributed by atoms with E-state index >= 15 is 4.39 Å². The van der Waals surface area contributed by atoms with E-state index in [9.17, 15) is 22.0 Å². The van der Waals surface area contributed by atoms with Crippen molar-refractivity contribution in [2.24, 2.45) is 5.92 Å². The third kappa shape index (κ3) is 6.22. The maximum atomic E-state index is 15.8. The summed E-state index contributed by atoms with van der Waals surface area (Å²) >= 11 is 0. The van der Waals surface area contributed by atoms with Crippen molar-refractivity contribution in [1.82, 2.24) is 0 Å². The van der Waals surface area contributed by atoms with Gasteiger partial charge in [0.15, 0.2) is 23.1 Å². The van der Waals surface area contributed by atoms with Crippen LogP contribution in [0.1, 0.15) is 62.5 Å². The molecule has 3 aromatic carbocycles. The second-order valence-electron chi connectivity index (χ2n) is 9.53. The Kier molecular flexibility index (Phi) is 8.05. The highest BCUT2D eigenvalue weighted by atomic mass is 19.4. The van der Waals surface area contributed by atoms with E-state index in [0.29, 0.717) is 24.3 Å². The lowest BCUT2D eigenvalue weighted by atomic mass is 9.77. The maximum absolute atomic E-state index is 15.8. The molecule has 2 nitrogen and oxygen atoms in total. The molecule has 0 aliphatic heterocycles. The minimum atomic E-state index is -5.03. The van der Waals surface area contributed by atoms with Crippen molar-refractivity contribution in [1.29, 1.82) is 0 Å². The summed E-state index contributed by atoms with van der Waals surface area (Å²) in [7, 11) is 0. The SMILES string of the molecule is CCC[C@H]1CC[C@H](c2c(F)cc(C)c(Oc3ccccc3-c3ccc(OC(F)(F)F)c(F)c3)c2F)CC1. The van der Waals surface area contributed by atoms with Crippen LogP contribution in [0.25, 0.3) is 11.1 Å². The topological polar surface area (TPSA) is 18.5 Å². The molecule has 1 saturated carbocycles. The maximum Gasteiger partial charge on any atom is 0.573 e. The van der Waals surface area contributed by atoms with Gasteiger partial charge in [-0.2, -0.15) is 0 Å². The van der Waals surface area contributed by atoms with Crippen LogP contribution in [-0.4, -0.2) is 6.36 Å². The summed E-state index contributed by atoms with van der Waals surface area (Å²) in [5.74, 6) is -3.18. The molecule has 4 rings (SSSR count). The fourth-order valence-corrected chi connectivity index (χ4v) is 5.16. The van der Waals surface area contributed by atoms with E-state index in [1.807, 2.05) is 0 Å². The zero-order valence-corrected chi connectivity index (χ0v) is 20.6. The van der Waals surface area contributed by atoms with Crippen molar-refractivity contribution in [3.8, 4) is 28.4 Å². The Morgan fingerprint density at radius 1 is 0.865 bits per heavy atom. The van der Waals surface area contributed by atoms with Gasteiger partial charge in [0.1, 0.15) is 11.6 Å². The van der Waals surface area contributed by atoms with Crippen LogP contribution in [0.2, 0.25) is 0 Å². The van der Waals surface area contributed by atoms with Crippen molar-refractivity contribution >= 4 is 0 Å². The minimum absolute atomic E-state index is 0.0210. The van der Waals surface area contributed by atoms with Crippen molar-refractivity contribution in [2.45, 2.75) is 64.7 Å². The number of aryl methyl sites for hydroxylation is 1. The predicted molar refractivity (Wildman–Crippen MR) is 129 cm³/mol. The molecule has 0 unspecified atom stereocenters. The number of ether oxygens (including phenoxy) is 2. The van der Waals surface area contributed by atoms with E-state index in [0.717, 1.165) is 37.8 Å². The van der Waals surface area contributed by atoms with Crippen LogP contribution in [0.4, 0.5) is 26.3 Å². The van der Waals surface area contributed by atoms with Crippen molar-refractivity contribution in [3.63, 3.8) is 0 Å². The molecule has 0 N–H and O–H groups in total. The highest BCUT2D eigenvalue weighted by molar-refractivity contribution is 5.71. The Hall–Kier alpha value is -3.16. The summed E-state index contributed by atoms with van der Waals surface area (Å²) in [6.45, 7) is 3.67. The van der Waals surface area contributed by atoms with Gasteiger partial charge in [0.05, 0.1) is 0 Å². The number of hydrogen-bond donors (Lipinski definition) is 0. The van der Waals surface area contributed by atoms with Gasteiger partial charge in [0.2, 0.25) is 0 Å². The first-order chi connectivity index (χ1) is 17.6. The summed E-state index contributed by atoms with van der Waals surface area (Å²) in [6.07, 6.45) is 0.400. The smallest absolute Gasteiger partial charge is 0.453 e. The van der Waals surface area contributed by atoms with E-state index < -0.39 is 29.6 Å². The van der Waals surface area contributed by atoms with Crippen LogP contribution in [0.5, 0.6) is 17.2 Å². The molecule has 0 atom stereocenters. The Balaban J connectivity index is 1.65. The number of para-hydroxylation sites is 1. The number of hydrogen-bond acceptors (Lipinski definition) is 2. The quantitative estimate of drug-likeness (QED) is 0.288. The highest BCUT2D eigenvalue weighted by Gasteiger charge is 2.33. The zero-order valence-electron chi connectivity index (χ0n) is 20.6. The van der Waals surface area contributed by atoms with Crippen LogP contribution in [0, 0.1) is 30.3 Å². The zero-order chi connectivity index (χ0) is 26.7. The normalized spacial score (nSPS) is 18.1. The fraction of sp³-hybridized carbons (Fsp3) is 0.379. The Labute approximate surface area is 212 Å². The van der Waals surface area contributed by atoms with Gasteiger partial charge in [-0.15, -0.1) is 13.2 Å². The monoisotopic (exact) mass is 522 g/mol. The molecule has 8 heteroatoms. The first kappa shape index (κ1) is 26.9. The summed E-state index contributed by atoms with van der Waals surface area (Å²) < 4.78 is 92.3. The van der Waals surface area contributed by atoms with Crippen molar-refractivity contribution in [3.05, 3.63) is 77.1 Å². The van der Waals surface area contributed by atoms with Crippen LogP contribution < -0.4 is 9.47 Å². The van der Waals surface area contributed by atoms with Crippen LogP contribution >= 0.6 is 0 Å². The third-order valence-corrected chi connectivity index (χ3v) is 6.91. The molecule has 0 amide bonds. The molecule has 0 bridgehead atoms. The molecule has 198 valence electrons. The van der Waals surface area contributed by atoms with Crippen molar-refractivity contribution < 1.29 is 35.8 Å². The molecule has 0 saturated heterocycles. The van der Waals surface area contributed by atoms with Gasteiger partial charge in [-0.3, -0.25) is 0 Å². The van der Waals surface area contributed by atoms with Gasteiger partial charge in [0, 0.05) is 11.1 Å². The molecule has 1 fully saturated rings. The standard InChI is InChI=1S/C29H28F6O2/c1-3-6-18-9-11-19(12-10-18)26-23(31)15-17(2)28(27(26)32)36-24-8-5-4-7-21(24)20-13-14-25(22(30)16-20)37-29(33,34)35/h4-5,7-8,13-16,18-19H,3,6,9-12H2,1-2H3/t18-,19-. The van der Waals surface area contributed by atoms with Crippen LogP contribution in [0.3, 0.4) is 0 Å². The Bertz CT molecular complexity index is 1250. The number of alkyl halides is 3. The molecule has 3 aromatic rings. The molecular weight excluding hydrogens is 494 g/mol. The van der Waals surface area contributed by atoms with Crippen LogP contribution in [-0.2, 0) is 0 Å². The van der Waals surface area contributed by atoms with Gasteiger partial charge < -0.3 is 9.47 Å². The predicted octanol–water partition coefficient (Wildman–Crippen LogP) is 9.84. The molecule has 1 aliphatic rings. The second kappa shape index (κ2) is 11.1. The molecule has 37 heavy (non-hydrogen) atoms. The molecule has 0 spiro atoms. The molecule has 0 radical (unpaired) electrons. The average molecular weight is 523 g/mol. The van der Waals surface area contributed by atoms with E-state index in [1.54, 1.807) is 18.2 Å². The van der Waals surface area contributed by atoms with Gasteiger partial charge >= 0.3 is 6.36 Å². The molecular formula is C29H28F6O2. The Morgan fingerprint density at radius 3 is 2.22 bits per heavy atom. The first-order valence-electron chi connectivity index (χ1n) is 12.4. The second-order valence-corrected chi connectivity index (χ2v) is 9.53. The lowest BCUT2D eigenvalue weighted by Crippen LogP contribution is -2.17. The third-order valence-electron chi connectivity index (χ3n) is 6.91. The van der Waals surface area contributed by atoms with E-state index in [4.69, 9.17) is 4.74 Å². The largest absolute Gasteiger partial charge is 0.573 e. The van der Waals surface area contributed by atoms with Gasteiger partial charge in [-0.1, -0.05) is 44.0 Å². The highest BCUT2D eigenvalue weighted by Crippen LogP contribution is 2.44. The van der Waals surface area contributed by atoms with Crippen LogP contribution in [0.15, 0.2) is 48.5 Å². The number of rotatable bonds is 7. The minimum Gasteiger partial charge on any atom is -0.453 e. The summed E-state index contributed by atoms with van der Waals surface area (Å²) in [4.78, 5) is 0. The van der Waals surface area contributed by atoms with Gasteiger partial charge in [-0.05, 0) is 79.8 Å². The molecule has 0 heterocycles. The molecule has 1 aliphatic carbocycles. The first-order valence-corrected chi connectivity index (χ1v) is 12.4. The van der Waals surface area contributed by atoms with E-state index in [-0.39, 0.29) is 34.1 Å². The summed E-state index contributed by atoms with van der Waals surface area (Å²) in [5, 5.41) is 0. The van der Waals surface area contributed by atoms with E-state index in [2.05, 4.69) is 11.7 Å². The number of benzene rings is 3. The van der Waals surface area contributed by atoms with Gasteiger partial charge in [-0.25, -0.2) is 13.2 Å². The lowest BCUT2D eigenvalue weighted by molar-refractivity contribution is -0.275.